The van der Waals surface area contributed by atoms with Gasteiger partial charge < -0.3 is 19.5 Å². The first kappa shape index (κ1) is 24.0. The van der Waals surface area contributed by atoms with Crippen LogP contribution in [0.15, 0.2) is 42.0 Å². The second kappa shape index (κ2) is 10.3. The van der Waals surface area contributed by atoms with Crippen LogP contribution in [0.2, 0.25) is 10.0 Å². The molecule has 2 aromatic rings. The number of hydrogen-bond acceptors (Lipinski definition) is 5. The molecule has 0 bridgehead atoms. The van der Waals surface area contributed by atoms with Crippen molar-refractivity contribution in [3.63, 3.8) is 0 Å². The average Bonchev–Trinajstić information content (AvgIpc) is 3.02. The van der Waals surface area contributed by atoms with E-state index in [4.69, 9.17) is 32.7 Å². The van der Waals surface area contributed by atoms with Crippen molar-refractivity contribution in [1.29, 1.82) is 0 Å². The Morgan fingerprint density at radius 2 is 1.81 bits per heavy atom. The molecule has 0 aromatic heterocycles. The van der Waals surface area contributed by atoms with E-state index in [2.05, 4.69) is 0 Å². The van der Waals surface area contributed by atoms with Crippen LogP contribution in [-0.4, -0.2) is 42.0 Å². The van der Waals surface area contributed by atoms with Crippen molar-refractivity contribution in [2.75, 3.05) is 20.3 Å². The summed E-state index contributed by atoms with van der Waals surface area (Å²) in [5, 5.41) is 11.7. The van der Waals surface area contributed by atoms with Gasteiger partial charge in [-0.05, 0) is 43.2 Å². The minimum Gasteiger partial charge on any atom is -0.507 e. The molecule has 3 rings (SSSR count). The van der Waals surface area contributed by atoms with Gasteiger partial charge in [-0.3, -0.25) is 9.59 Å². The summed E-state index contributed by atoms with van der Waals surface area (Å²) in [6, 6.07) is 9.29. The number of amides is 1. The summed E-state index contributed by atoms with van der Waals surface area (Å²) < 4.78 is 10.8. The fourth-order valence-electron chi connectivity index (χ4n) is 3.79. The van der Waals surface area contributed by atoms with Gasteiger partial charge in [-0.2, -0.15) is 0 Å². The van der Waals surface area contributed by atoms with Crippen molar-refractivity contribution in [3.05, 3.63) is 63.1 Å². The van der Waals surface area contributed by atoms with E-state index in [0.29, 0.717) is 30.9 Å². The molecule has 0 saturated carbocycles. The standard InChI is InChI=1S/C24H25Cl2NO5/c1-4-6-11-27-20(14-7-9-16(10-8-14)32-5-2)19(22(29)24(27)30)21(28)17-12-15(25)13-18(26)23(17)31-3/h7-10,12-13,20,28H,4-6,11H2,1-3H3/b21-19+. The number of carbonyl (C=O) groups is 2. The highest BCUT2D eigenvalue weighted by Gasteiger charge is 2.46. The Labute approximate surface area is 197 Å². The van der Waals surface area contributed by atoms with Crippen molar-refractivity contribution in [2.24, 2.45) is 0 Å². The topological polar surface area (TPSA) is 76.1 Å². The summed E-state index contributed by atoms with van der Waals surface area (Å²) in [6.07, 6.45) is 1.56. The van der Waals surface area contributed by atoms with Crippen LogP contribution < -0.4 is 9.47 Å². The molecule has 170 valence electrons. The highest BCUT2D eigenvalue weighted by molar-refractivity contribution is 6.46. The van der Waals surface area contributed by atoms with Gasteiger partial charge in [0.1, 0.15) is 17.3 Å². The fourth-order valence-corrected chi connectivity index (χ4v) is 4.36. The summed E-state index contributed by atoms with van der Waals surface area (Å²) in [5.74, 6) is -0.979. The zero-order valence-electron chi connectivity index (χ0n) is 18.2. The zero-order chi connectivity index (χ0) is 23.4. The molecule has 2 aromatic carbocycles. The van der Waals surface area contributed by atoms with Gasteiger partial charge in [0.2, 0.25) is 0 Å². The van der Waals surface area contributed by atoms with Crippen LogP contribution in [0.25, 0.3) is 5.76 Å². The van der Waals surface area contributed by atoms with Gasteiger partial charge in [-0.15, -0.1) is 0 Å². The number of unbranched alkanes of at least 4 members (excludes halogenated alkanes) is 1. The lowest BCUT2D eigenvalue weighted by atomic mass is 9.95. The second-order valence-corrected chi connectivity index (χ2v) is 8.16. The quantitative estimate of drug-likeness (QED) is 0.303. The Bertz CT molecular complexity index is 1050. The summed E-state index contributed by atoms with van der Waals surface area (Å²) >= 11 is 12.4. The monoisotopic (exact) mass is 477 g/mol. The highest BCUT2D eigenvalue weighted by Crippen LogP contribution is 2.43. The predicted octanol–water partition coefficient (Wildman–Crippen LogP) is 5.62. The molecule has 0 radical (unpaired) electrons. The van der Waals surface area contributed by atoms with Gasteiger partial charge in [0.05, 0.1) is 35.9 Å². The van der Waals surface area contributed by atoms with E-state index in [0.717, 1.165) is 6.42 Å². The molecule has 32 heavy (non-hydrogen) atoms. The van der Waals surface area contributed by atoms with E-state index in [1.165, 1.54) is 24.1 Å². The van der Waals surface area contributed by atoms with Gasteiger partial charge >= 0.3 is 0 Å². The highest BCUT2D eigenvalue weighted by atomic mass is 35.5. The van der Waals surface area contributed by atoms with Crippen LogP contribution in [0, 0.1) is 0 Å². The second-order valence-electron chi connectivity index (χ2n) is 7.32. The zero-order valence-corrected chi connectivity index (χ0v) is 19.7. The third-order valence-corrected chi connectivity index (χ3v) is 5.77. The molecule has 1 aliphatic heterocycles. The first-order valence-electron chi connectivity index (χ1n) is 10.4. The Balaban J connectivity index is 2.21. The van der Waals surface area contributed by atoms with Crippen molar-refractivity contribution in [3.8, 4) is 11.5 Å². The number of aliphatic hydroxyl groups excluding tert-OH is 1. The summed E-state index contributed by atoms with van der Waals surface area (Å²) in [7, 11) is 1.40. The molecule has 1 amide bonds. The van der Waals surface area contributed by atoms with E-state index < -0.39 is 17.7 Å². The Morgan fingerprint density at radius 1 is 1.12 bits per heavy atom. The molecule has 1 heterocycles. The molecule has 0 aliphatic carbocycles. The minimum absolute atomic E-state index is 0.0353. The summed E-state index contributed by atoms with van der Waals surface area (Å²) in [5.41, 5.74) is 0.790. The first-order chi connectivity index (χ1) is 15.3. The molecule has 1 atom stereocenters. The van der Waals surface area contributed by atoms with Gasteiger partial charge in [0.15, 0.2) is 0 Å². The third-order valence-electron chi connectivity index (χ3n) is 5.27. The van der Waals surface area contributed by atoms with E-state index in [1.54, 1.807) is 24.3 Å². The summed E-state index contributed by atoms with van der Waals surface area (Å²) in [4.78, 5) is 27.5. The Morgan fingerprint density at radius 3 is 2.41 bits per heavy atom. The Hall–Kier alpha value is -2.70. The number of carbonyl (C=O) groups excluding carboxylic acids is 2. The average molecular weight is 478 g/mol. The maximum atomic E-state index is 13.1. The molecule has 1 N–H and O–H groups in total. The number of benzene rings is 2. The molecule has 1 fully saturated rings. The van der Waals surface area contributed by atoms with E-state index in [9.17, 15) is 14.7 Å². The number of rotatable bonds is 8. The van der Waals surface area contributed by atoms with Gasteiger partial charge in [0.25, 0.3) is 11.7 Å². The molecular formula is C24H25Cl2NO5. The van der Waals surface area contributed by atoms with Crippen molar-refractivity contribution < 1.29 is 24.2 Å². The first-order valence-corrected chi connectivity index (χ1v) is 11.1. The van der Waals surface area contributed by atoms with Crippen LogP contribution in [0.4, 0.5) is 0 Å². The predicted molar refractivity (Wildman–Crippen MR) is 125 cm³/mol. The van der Waals surface area contributed by atoms with Crippen LogP contribution in [0.5, 0.6) is 11.5 Å². The van der Waals surface area contributed by atoms with Crippen LogP contribution in [0.1, 0.15) is 43.9 Å². The number of ether oxygens (including phenoxy) is 2. The lowest BCUT2D eigenvalue weighted by Gasteiger charge is -2.25. The number of nitrogens with zero attached hydrogens (tertiary/aromatic N) is 1. The number of methoxy groups -OCH3 is 1. The van der Waals surface area contributed by atoms with E-state index in [1.807, 2.05) is 13.8 Å². The number of halogens is 2. The molecule has 1 unspecified atom stereocenters. The smallest absolute Gasteiger partial charge is 0.295 e. The van der Waals surface area contributed by atoms with Crippen molar-refractivity contribution >= 4 is 40.7 Å². The summed E-state index contributed by atoms with van der Waals surface area (Å²) in [6.45, 7) is 4.78. The van der Waals surface area contributed by atoms with Crippen LogP contribution in [0.3, 0.4) is 0 Å². The maximum Gasteiger partial charge on any atom is 0.295 e. The molecule has 6 nitrogen and oxygen atoms in total. The van der Waals surface area contributed by atoms with Crippen molar-refractivity contribution in [2.45, 2.75) is 32.7 Å². The largest absolute Gasteiger partial charge is 0.507 e. The molecule has 1 aliphatic rings. The van der Waals surface area contributed by atoms with E-state index >= 15 is 0 Å². The number of aliphatic hydroxyl groups is 1. The van der Waals surface area contributed by atoms with Crippen molar-refractivity contribution in [1.82, 2.24) is 4.90 Å². The molecule has 0 spiro atoms. The fraction of sp³-hybridized carbons (Fsp3) is 0.333. The molecular weight excluding hydrogens is 453 g/mol. The van der Waals surface area contributed by atoms with Gasteiger partial charge in [0, 0.05) is 11.6 Å². The SMILES string of the molecule is CCCCN1C(=O)C(=O)/C(=C(/O)c2cc(Cl)cc(Cl)c2OC)C1c1ccc(OCC)cc1. The van der Waals surface area contributed by atoms with Crippen LogP contribution >= 0.6 is 23.2 Å². The van der Waals surface area contributed by atoms with Gasteiger partial charge in [-0.1, -0.05) is 48.7 Å². The number of hydrogen-bond donors (Lipinski definition) is 1. The lowest BCUT2D eigenvalue weighted by molar-refractivity contribution is -0.139. The number of ketones is 1. The van der Waals surface area contributed by atoms with Gasteiger partial charge in [-0.25, -0.2) is 0 Å². The normalized spacial score (nSPS) is 17.7. The third kappa shape index (κ3) is 4.57. The van der Waals surface area contributed by atoms with E-state index in [-0.39, 0.29) is 32.7 Å². The lowest BCUT2D eigenvalue weighted by Crippen LogP contribution is -2.30. The van der Waals surface area contributed by atoms with Crippen LogP contribution in [-0.2, 0) is 9.59 Å². The maximum absolute atomic E-state index is 13.1. The number of Topliss-reactive ketones (excluding diaryl/α,β-unsaturated/α-hetero) is 1. The number of likely N-dealkylation sites (tertiary alicyclic amines) is 1. The molecule has 8 heteroatoms. The molecule has 1 saturated heterocycles. The Kier molecular flexibility index (Phi) is 7.69. The minimum atomic E-state index is -0.768.